The van der Waals surface area contributed by atoms with Gasteiger partial charge in [0.2, 0.25) is 0 Å². The maximum Gasteiger partial charge on any atom is 0.263 e. The largest absolute Gasteiger partial charge is 0.496 e. The second-order valence-electron chi connectivity index (χ2n) is 6.50. The lowest BCUT2D eigenvalue weighted by Gasteiger charge is -2.30. The number of allylic oxidation sites excluding steroid dienone is 2. The molecule has 0 spiro atoms. The van der Waals surface area contributed by atoms with Crippen molar-refractivity contribution < 1.29 is 9.30 Å². The third-order valence-electron chi connectivity index (χ3n) is 5.03. The summed E-state index contributed by atoms with van der Waals surface area (Å²) in [5.74, 6) is 0.926. The number of hydrogen-bond donors (Lipinski definition) is 0. The Morgan fingerprint density at radius 1 is 1.23 bits per heavy atom. The highest BCUT2D eigenvalue weighted by atomic mass is 32.1. The van der Waals surface area contributed by atoms with Crippen LogP contribution in [0.4, 0.5) is 5.69 Å². The molecule has 4 heteroatoms. The van der Waals surface area contributed by atoms with Gasteiger partial charge in [-0.1, -0.05) is 35.6 Å². The van der Waals surface area contributed by atoms with Crippen molar-refractivity contribution in [3.8, 4) is 5.75 Å². The van der Waals surface area contributed by atoms with Gasteiger partial charge in [-0.05, 0) is 31.6 Å². The van der Waals surface area contributed by atoms with E-state index in [2.05, 4.69) is 84.4 Å². The first-order chi connectivity index (χ1) is 12.6. The number of methoxy groups -OCH3 is 1. The summed E-state index contributed by atoms with van der Waals surface area (Å²) in [6, 6.07) is 10.6. The number of benzene rings is 2. The third kappa shape index (κ3) is 2.61. The quantitative estimate of drug-likeness (QED) is 0.601. The van der Waals surface area contributed by atoms with E-state index in [9.17, 15) is 0 Å². The standard InChI is InChI=1S/C22H23N2OS/c1-5-24-10-11-26-21(24)13-16-12-15(2)19-14-20(25-4)17-8-6-7-9-18(17)22(19)23(16)3/h6-14H,5H2,1-4H3/q+1. The zero-order valence-corrected chi connectivity index (χ0v) is 16.4. The van der Waals surface area contributed by atoms with E-state index in [-0.39, 0.29) is 0 Å². The number of thiazole rings is 1. The Morgan fingerprint density at radius 3 is 2.73 bits per heavy atom. The number of nitrogens with zero attached hydrogens (tertiary/aromatic N) is 2. The fourth-order valence-corrected chi connectivity index (χ4v) is 4.50. The van der Waals surface area contributed by atoms with Gasteiger partial charge < -0.3 is 9.64 Å². The van der Waals surface area contributed by atoms with Gasteiger partial charge in [-0.25, -0.2) is 0 Å². The molecular weight excluding hydrogens is 340 g/mol. The van der Waals surface area contributed by atoms with E-state index in [4.69, 9.17) is 4.74 Å². The highest BCUT2D eigenvalue weighted by Crippen LogP contribution is 2.44. The van der Waals surface area contributed by atoms with E-state index >= 15 is 0 Å². The molecule has 0 unspecified atom stereocenters. The van der Waals surface area contributed by atoms with E-state index in [1.54, 1.807) is 18.4 Å². The zero-order valence-electron chi connectivity index (χ0n) is 15.6. The summed E-state index contributed by atoms with van der Waals surface area (Å²) in [4.78, 5) is 2.30. The van der Waals surface area contributed by atoms with Crippen LogP contribution in [0.25, 0.3) is 22.4 Å². The fraction of sp³-hybridized carbons (Fsp3) is 0.227. The molecule has 132 valence electrons. The van der Waals surface area contributed by atoms with Gasteiger partial charge in [0.25, 0.3) is 5.01 Å². The number of hydrogen-bond acceptors (Lipinski definition) is 3. The lowest BCUT2D eigenvalue weighted by atomic mass is 9.93. The van der Waals surface area contributed by atoms with Crippen molar-refractivity contribution in [3.63, 3.8) is 0 Å². The molecule has 0 bridgehead atoms. The normalized spacial score (nSPS) is 15.3. The maximum atomic E-state index is 5.66. The lowest BCUT2D eigenvalue weighted by molar-refractivity contribution is -0.690. The Kier molecular flexibility index (Phi) is 4.29. The van der Waals surface area contributed by atoms with Crippen LogP contribution >= 0.6 is 11.3 Å². The van der Waals surface area contributed by atoms with E-state index in [1.165, 1.54) is 32.9 Å². The summed E-state index contributed by atoms with van der Waals surface area (Å²) in [5, 5.41) is 5.77. The molecule has 0 atom stereocenters. The van der Waals surface area contributed by atoms with Crippen LogP contribution in [0.15, 0.2) is 53.7 Å². The van der Waals surface area contributed by atoms with Gasteiger partial charge in [-0.3, -0.25) is 0 Å². The lowest BCUT2D eigenvalue weighted by Crippen LogP contribution is -2.32. The first-order valence-corrected chi connectivity index (χ1v) is 9.72. The zero-order chi connectivity index (χ0) is 18.3. The minimum Gasteiger partial charge on any atom is -0.496 e. The first-order valence-electron chi connectivity index (χ1n) is 8.84. The van der Waals surface area contributed by atoms with Crippen LogP contribution in [0, 0.1) is 0 Å². The molecule has 3 aromatic rings. The summed E-state index contributed by atoms with van der Waals surface area (Å²) < 4.78 is 7.93. The Hall–Kier alpha value is -2.59. The van der Waals surface area contributed by atoms with E-state index in [0.29, 0.717) is 0 Å². The minimum absolute atomic E-state index is 0.926. The molecule has 0 aliphatic carbocycles. The summed E-state index contributed by atoms with van der Waals surface area (Å²) in [6.45, 7) is 5.33. The van der Waals surface area contributed by atoms with E-state index < -0.39 is 0 Å². The fourth-order valence-electron chi connectivity index (χ4n) is 3.64. The van der Waals surface area contributed by atoms with Crippen LogP contribution in [-0.4, -0.2) is 14.2 Å². The van der Waals surface area contributed by atoms with Crippen molar-refractivity contribution in [1.29, 1.82) is 0 Å². The minimum atomic E-state index is 0.926. The highest BCUT2D eigenvalue weighted by Gasteiger charge is 2.23. The second kappa shape index (κ2) is 6.61. The first kappa shape index (κ1) is 16.9. The van der Waals surface area contributed by atoms with Crippen molar-refractivity contribution in [1.82, 2.24) is 0 Å². The van der Waals surface area contributed by atoms with Gasteiger partial charge in [0.05, 0.1) is 18.2 Å². The molecule has 2 heterocycles. The molecule has 0 N–H and O–H groups in total. The summed E-state index contributed by atoms with van der Waals surface area (Å²) in [6.07, 6.45) is 6.68. The molecule has 3 nitrogen and oxygen atoms in total. The Balaban J connectivity index is 1.94. The van der Waals surface area contributed by atoms with Crippen LogP contribution < -0.4 is 14.2 Å². The molecule has 1 aliphatic heterocycles. The monoisotopic (exact) mass is 363 g/mol. The molecule has 0 saturated heterocycles. The predicted octanol–water partition coefficient (Wildman–Crippen LogP) is 5.11. The van der Waals surface area contributed by atoms with Crippen molar-refractivity contribution in [2.24, 2.45) is 0 Å². The average molecular weight is 364 g/mol. The second-order valence-corrected chi connectivity index (χ2v) is 7.43. The van der Waals surface area contributed by atoms with Gasteiger partial charge in [0, 0.05) is 35.2 Å². The van der Waals surface area contributed by atoms with Gasteiger partial charge in [-0.2, -0.15) is 4.57 Å². The Bertz CT molecular complexity index is 1050. The summed E-state index contributed by atoms with van der Waals surface area (Å²) in [7, 11) is 3.89. The van der Waals surface area contributed by atoms with Crippen LogP contribution in [0.5, 0.6) is 5.75 Å². The average Bonchev–Trinajstić information content (AvgIpc) is 3.11. The summed E-state index contributed by atoms with van der Waals surface area (Å²) >= 11 is 1.77. The number of rotatable bonds is 3. The van der Waals surface area contributed by atoms with Crippen LogP contribution in [0.2, 0.25) is 0 Å². The van der Waals surface area contributed by atoms with Crippen LogP contribution in [0.3, 0.4) is 0 Å². The SMILES string of the molecule is CC[n+]1ccsc1C=C1C=C(C)c2cc(OC)c3ccccc3c2N1C. The van der Waals surface area contributed by atoms with Crippen LogP contribution in [-0.2, 0) is 6.54 Å². The van der Waals surface area contributed by atoms with Gasteiger partial charge in [0.15, 0.2) is 6.20 Å². The van der Waals surface area contributed by atoms with Crippen molar-refractivity contribution in [2.45, 2.75) is 20.4 Å². The smallest absolute Gasteiger partial charge is 0.263 e. The molecule has 1 aromatic heterocycles. The van der Waals surface area contributed by atoms with E-state index in [0.717, 1.165) is 17.7 Å². The molecule has 0 amide bonds. The number of aryl methyl sites for hydroxylation is 1. The summed E-state index contributed by atoms with van der Waals surface area (Å²) in [5.41, 5.74) is 4.94. The Morgan fingerprint density at radius 2 is 2.00 bits per heavy atom. The molecule has 0 radical (unpaired) electrons. The molecular formula is C22H23N2OS+. The molecule has 0 saturated carbocycles. The topological polar surface area (TPSA) is 16.4 Å². The molecule has 0 fully saturated rings. The number of likely N-dealkylation sites (N-methyl/N-ethyl adjacent to an activating group) is 1. The number of fused-ring (bicyclic) bond motifs is 3. The maximum absolute atomic E-state index is 5.66. The number of ether oxygens (including phenoxy) is 1. The third-order valence-corrected chi connectivity index (χ3v) is 5.89. The van der Waals surface area contributed by atoms with Gasteiger partial charge in [0.1, 0.15) is 12.3 Å². The number of anilines is 1. The predicted molar refractivity (Wildman–Crippen MR) is 111 cm³/mol. The molecule has 26 heavy (non-hydrogen) atoms. The van der Waals surface area contributed by atoms with E-state index in [1.807, 2.05) is 0 Å². The highest BCUT2D eigenvalue weighted by molar-refractivity contribution is 7.10. The van der Waals surface area contributed by atoms with Gasteiger partial charge >= 0.3 is 0 Å². The number of aromatic nitrogens is 1. The molecule has 4 rings (SSSR count). The Labute approximate surface area is 158 Å². The molecule has 2 aromatic carbocycles. The van der Waals surface area contributed by atoms with Crippen molar-refractivity contribution >= 4 is 39.4 Å². The van der Waals surface area contributed by atoms with Crippen molar-refractivity contribution in [3.05, 3.63) is 64.3 Å². The van der Waals surface area contributed by atoms with Gasteiger partial charge in [-0.15, -0.1) is 0 Å². The molecule has 1 aliphatic rings. The van der Waals surface area contributed by atoms with Crippen molar-refractivity contribution in [2.75, 3.05) is 19.1 Å². The van der Waals surface area contributed by atoms with Crippen LogP contribution in [0.1, 0.15) is 24.4 Å².